The molecule has 0 N–H and O–H groups in total. The standard InChI is InChI=1S/C23H32N6O4S/c1-15-21-18(23(31)28-9-7-27(8-10-28)13-20(30)26(2)3)12-19(16-4-5-16)24-22(21)29(25-15)17-6-11-34(32,33)14-17/h12,16-17H,4-11,13-14H2,1-3H3/t17-/m1/s1. The van der Waals surface area contributed by atoms with Crippen LogP contribution < -0.4 is 0 Å². The minimum Gasteiger partial charge on any atom is -0.348 e. The van der Waals surface area contributed by atoms with Gasteiger partial charge in [0.25, 0.3) is 5.91 Å². The molecule has 0 spiro atoms. The Kier molecular flexibility index (Phi) is 5.87. The Morgan fingerprint density at radius 1 is 1.12 bits per heavy atom. The Balaban J connectivity index is 1.44. The lowest BCUT2D eigenvalue weighted by Gasteiger charge is -2.35. The number of nitrogens with zero attached hydrogens (tertiary/aromatic N) is 6. The van der Waals surface area contributed by atoms with Crippen LogP contribution in [0.5, 0.6) is 0 Å². The van der Waals surface area contributed by atoms with Gasteiger partial charge in [-0.1, -0.05) is 0 Å². The van der Waals surface area contributed by atoms with Gasteiger partial charge in [0.15, 0.2) is 15.5 Å². The first kappa shape index (κ1) is 23.2. The van der Waals surface area contributed by atoms with Crippen molar-refractivity contribution < 1.29 is 18.0 Å². The molecule has 3 aliphatic rings. The number of pyridine rings is 1. The number of carbonyl (C=O) groups excluding carboxylic acids is 2. The largest absolute Gasteiger partial charge is 0.348 e. The second-order valence-electron chi connectivity index (χ2n) is 10.0. The number of sulfone groups is 1. The number of piperazine rings is 1. The van der Waals surface area contributed by atoms with Crippen molar-refractivity contribution in [3.8, 4) is 0 Å². The average molecular weight is 489 g/mol. The summed E-state index contributed by atoms with van der Waals surface area (Å²) in [7, 11) is 0.420. The number of rotatable bonds is 5. The molecular weight excluding hydrogens is 456 g/mol. The molecule has 11 heteroatoms. The van der Waals surface area contributed by atoms with Crippen LogP contribution in [-0.2, 0) is 14.6 Å². The molecule has 1 saturated carbocycles. The summed E-state index contributed by atoms with van der Waals surface area (Å²) >= 11 is 0. The maximum atomic E-state index is 13.7. The molecule has 0 aromatic carbocycles. The van der Waals surface area contributed by atoms with E-state index in [1.165, 1.54) is 0 Å². The van der Waals surface area contributed by atoms with Crippen LogP contribution >= 0.6 is 0 Å². The molecule has 34 heavy (non-hydrogen) atoms. The van der Waals surface area contributed by atoms with Gasteiger partial charge >= 0.3 is 0 Å². The predicted octanol–water partition coefficient (Wildman–Crippen LogP) is 0.823. The minimum absolute atomic E-state index is 0.0467. The van der Waals surface area contributed by atoms with E-state index in [1.54, 1.807) is 23.7 Å². The van der Waals surface area contributed by atoms with Crippen molar-refractivity contribution in [3.63, 3.8) is 0 Å². The Labute approximate surface area is 199 Å². The number of carbonyl (C=O) groups is 2. The Morgan fingerprint density at radius 3 is 2.41 bits per heavy atom. The van der Waals surface area contributed by atoms with Crippen LogP contribution in [0.4, 0.5) is 0 Å². The topological polar surface area (TPSA) is 109 Å². The summed E-state index contributed by atoms with van der Waals surface area (Å²) < 4.78 is 26.0. The van der Waals surface area contributed by atoms with Crippen molar-refractivity contribution in [1.29, 1.82) is 0 Å². The highest BCUT2D eigenvalue weighted by Gasteiger charge is 2.35. The van der Waals surface area contributed by atoms with Crippen molar-refractivity contribution in [2.24, 2.45) is 0 Å². The first-order valence-corrected chi connectivity index (χ1v) is 13.8. The number of hydrogen-bond donors (Lipinski definition) is 0. The molecule has 0 radical (unpaired) electrons. The highest BCUT2D eigenvalue weighted by atomic mass is 32.2. The smallest absolute Gasteiger partial charge is 0.254 e. The fraction of sp³-hybridized carbons (Fsp3) is 0.652. The lowest BCUT2D eigenvalue weighted by Crippen LogP contribution is -2.51. The van der Waals surface area contributed by atoms with E-state index < -0.39 is 9.84 Å². The Hall–Kier alpha value is -2.53. The molecule has 3 fully saturated rings. The molecule has 0 bridgehead atoms. The fourth-order valence-electron chi connectivity index (χ4n) is 4.92. The van der Waals surface area contributed by atoms with Crippen molar-refractivity contribution in [2.75, 3.05) is 58.3 Å². The third-order valence-electron chi connectivity index (χ3n) is 7.15. The normalized spacial score (nSPS) is 22.9. The van der Waals surface area contributed by atoms with E-state index in [2.05, 4.69) is 10.00 Å². The van der Waals surface area contributed by atoms with E-state index in [0.29, 0.717) is 62.0 Å². The second-order valence-corrected chi connectivity index (χ2v) is 12.2. The Bertz CT molecular complexity index is 1240. The van der Waals surface area contributed by atoms with E-state index in [1.807, 2.05) is 17.9 Å². The third-order valence-corrected chi connectivity index (χ3v) is 8.90. The molecule has 2 aliphatic heterocycles. The summed E-state index contributed by atoms with van der Waals surface area (Å²) in [5, 5.41) is 5.40. The minimum atomic E-state index is -3.08. The number of fused-ring (bicyclic) bond motifs is 1. The van der Waals surface area contributed by atoms with E-state index in [9.17, 15) is 18.0 Å². The maximum absolute atomic E-state index is 13.7. The van der Waals surface area contributed by atoms with Crippen LogP contribution in [0.3, 0.4) is 0 Å². The molecule has 1 atom stereocenters. The second kappa shape index (κ2) is 8.60. The van der Waals surface area contributed by atoms with Crippen LogP contribution in [0.1, 0.15) is 53.0 Å². The lowest BCUT2D eigenvalue weighted by molar-refractivity contribution is -0.130. The molecule has 184 valence electrons. The van der Waals surface area contributed by atoms with Crippen molar-refractivity contribution in [3.05, 3.63) is 23.0 Å². The molecule has 2 saturated heterocycles. The molecule has 2 aromatic rings. The van der Waals surface area contributed by atoms with Gasteiger partial charge in [0.05, 0.1) is 40.7 Å². The quantitative estimate of drug-likeness (QED) is 0.613. The van der Waals surface area contributed by atoms with Crippen molar-refractivity contribution in [1.82, 2.24) is 29.5 Å². The molecule has 0 unspecified atom stereocenters. The monoisotopic (exact) mass is 488 g/mol. The highest BCUT2D eigenvalue weighted by molar-refractivity contribution is 7.91. The molecule has 5 rings (SSSR count). The van der Waals surface area contributed by atoms with Crippen LogP contribution in [0.25, 0.3) is 11.0 Å². The van der Waals surface area contributed by atoms with Gasteiger partial charge in [0, 0.05) is 51.9 Å². The van der Waals surface area contributed by atoms with Crippen LogP contribution in [0.15, 0.2) is 6.07 Å². The first-order valence-electron chi connectivity index (χ1n) is 11.9. The van der Waals surface area contributed by atoms with E-state index >= 15 is 0 Å². The summed E-state index contributed by atoms with van der Waals surface area (Å²) in [6, 6.07) is 1.68. The molecule has 10 nitrogen and oxygen atoms in total. The van der Waals surface area contributed by atoms with Crippen LogP contribution in [0.2, 0.25) is 0 Å². The van der Waals surface area contributed by atoms with Gasteiger partial charge in [-0.3, -0.25) is 14.5 Å². The number of hydrogen-bond acceptors (Lipinski definition) is 7. The van der Waals surface area contributed by atoms with E-state index in [-0.39, 0.29) is 29.4 Å². The fourth-order valence-corrected chi connectivity index (χ4v) is 6.62. The van der Waals surface area contributed by atoms with Gasteiger partial charge in [-0.05, 0) is 32.3 Å². The number of amides is 2. The molecule has 2 amide bonds. The Morgan fingerprint density at radius 2 is 1.82 bits per heavy atom. The van der Waals surface area contributed by atoms with Crippen LogP contribution in [-0.4, -0.2) is 108 Å². The molecular formula is C23H32N6O4S. The van der Waals surface area contributed by atoms with Gasteiger partial charge in [-0.2, -0.15) is 5.10 Å². The summed E-state index contributed by atoms with van der Waals surface area (Å²) in [6.45, 7) is 4.62. The summed E-state index contributed by atoms with van der Waals surface area (Å²) in [5.41, 5.74) is 2.83. The zero-order valence-corrected chi connectivity index (χ0v) is 20.8. The van der Waals surface area contributed by atoms with E-state index in [0.717, 1.165) is 23.9 Å². The third kappa shape index (κ3) is 4.43. The zero-order chi connectivity index (χ0) is 24.2. The highest BCUT2D eigenvalue weighted by Crippen LogP contribution is 2.41. The predicted molar refractivity (Wildman–Crippen MR) is 128 cm³/mol. The number of aromatic nitrogens is 3. The van der Waals surface area contributed by atoms with Gasteiger partial charge in [-0.25, -0.2) is 18.1 Å². The molecule has 1 aliphatic carbocycles. The number of likely N-dealkylation sites (N-methyl/N-ethyl adjacent to an activating group) is 1. The van der Waals surface area contributed by atoms with E-state index in [4.69, 9.17) is 4.98 Å². The first-order chi connectivity index (χ1) is 16.1. The van der Waals surface area contributed by atoms with Gasteiger partial charge in [-0.15, -0.1) is 0 Å². The summed E-state index contributed by atoms with van der Waals surface area (Å²) in [5.74, 6) is 0.583. The van der Waals surface area contributed by atoms with Gasteiger partial charge in [0.2, 0.25) is 5.91 Å². The van der Waals surface area contributed by atoms with Crippen LogP contribution in [0, 0.1) is 6.92 Å². The summed E-state index contributed by atoms with van der Waals surface area (Å²) in [4.78, 5) is 36.1. The van der Waals surface area contributed by atoms with Gasteiger partial charge in [0.1, 0.15) is 0 Å². The zero-order valence-electron chi connectivity index (χ0n) is 20.0. The molecule has 2 aromatic heterocycles. The SMILES string of the molecule is Cc1nn([C@@H]2CCS(=O)(=O)C2)c2nc(C3CC3)cc(C(=O)N3CCN(CC(=O)N(C)C)CC3)c12. The van der Waals surface area contributed by atoms with Crippen molar-refractivity contribution in [2.45, 2.75) is 38.1 Å². The lowest BCUT2D eigenvalue weighted by atomic mass is 10.1. The number of aryl methyl sites for hydroxylation is 1. The average Bonchev–Trinajstić information content (AvgIpc) is 3.51. The van der Waals surface area contributed by atoms with Crippen molar-refractivity contribution >= 4 is 32.7 Å². The maximum Gasteiger partial charge on any atom is 0.254 e. The molecule has 4 heterocycles. The van der Waals surface area contributed by atoms with Gasteiger partial charge < -0.3 is 9.80 Å². The summed E-state index contributed by atoms with van der Waals surface area (Å²) in [6.07, 6.45) is 2.62.